The van der Waals surface area contributed by atoms with E-state index in [2.05, 4.69) is 15.3 Å². The molecule has 2 rings (SSSR count). The molecule has 9 heteroatoms. The van der Waals surface area contributed by atoms with Crippen LogP contribution >= 0.6 is 11.8 Å². The maximum atomic E-state index is 12.3. The van der Waals surface area contributed by atoms with Crippen molar-refractivity contribution in [1.29, 1.82) is 0 Å². The largest absolute Gasteiger partial charge is 0.466 e. The summed E-state index contributed by atoms with van der Waals surface area (Å²) < 4.78 is 5.00. The highest BCUT2D eigenvalue weighted by Gasteiger charge is 2.19. The highest BCUT2D eigenvalue weighted by atomic mass is 32.2. The number of amides is 1. The number of nitrogens with two attached hydrogens (primary N) is 1. The first-order chi connectivity index (χ1) is 12.9. The number of carbonyl (C=O) groups is 2. The lowest BCUT2D eigenvalue weighted by Crippen LogP contribution is -2.32. The normalized spacial score (nSPS) is 11.6. The summed E-state index contributed by atoms with van der Waals surface area (Å²) in [6, 6.07) is 8.21. The van der Waals surface area contributed by atoms with Crippen molar-refractivity contribution in [3.8, 4) is 0 Å². The molecule has 1 aromatic heterocycles. The van der Waals surface area contributed by atoms with Gasteiger partial charge in [-0.2, -0.15) is 0 Å². The van der Waals surface area contributed by atoms with Gasteiger partial charge in [0.1, 0.15) is 5.82 Å². The average molecular weight is 390 g/mol. The van der Waals surface area contributed by atoms with Crippen molar-refractivity contribution >= 4 is 29.5 Å². The molecule has 0 aliphatic carbocycles. The maximum absolute atomic E-state index is 12.3. The fraction of sp³-hybridized carbons (Fsp3) is 0.333. The van der Waals surface area contributed by atoms with E-state index < -0.39 is 12.0 Å². The molecule has 0 saturated heterocycles. The number of hydrogen-bond acceptors (Lipinski definition) is 7. The van der Waals surface area contributed by atoms with Crippen LogP contribution in [0.25, 0.3) is 0 Å². The lowest BCUT2D eigenvalue weighted by atomic mass is 10.0. The summed E-state index contributed by atoms with van der Waals surface area (Å²) in [5.41, 5.74) is 7.02. The quantitative estimate of drug-likeness (QED) is 0.355. The van der Waals surface area contributed by atoms with Crippen LogP contribution < -0.4 is 16.6 Å². The van der Waals surface area contributed by atoms with E-state index in [0.29, 0.717) is 0 Å². The number of hydrogen-bond donors (Lipinski definition) is 3. The van der Waals surface area contributed by atoms with Gasteiger partial charge in [0.05, 0.1) is 24.8 Å². The van der Waals surface area contributed by atoms with Crippen molar-refractivity contribution < 1.29 is 14.3 Å². The number of esters is 1. The molecule has 1 heterocycles. The van der Waals surface area contributed by atoms with Crippen molar-refractivity contribution in [1.82, 2.24) is 15.3 Å². The van der Waals surface area contributed by atoms with Crippen molar-refractivity contribution in [2.24, 2.45) is 0 Å². The molecule has 1 amide bonds. The van der Waals surface area contributed by atoms with Crippen molar-refractivity contribution in [2.45, 2.75) is 31.5 Å². The van der Waals surface area contributed by atoms with Crippen LogP contribution in [-0.4, -0.2) is 34.2 Å². The van der Waals surface area contributed by atoms with Crippen LogP contribution in [0.5, 0.6) is 0 Å². The Bertz CT molecular complexity index is 851. The van der Waals surface area contributed by atoms with Crippen LogP contribution in [0.3, 0.4) is 0 Å². The van der Waals surface area contributed by atoms with Gasteiger partial charge in [0, 0.05) is 6.07 Å². The number of carbonyl (C=O) groups excluding carboxylic acids is 2. The van der Waals surface area contributed by atoms with E-state index >= 15 is 0 Å². The molecule has 0 radical (unpaired) electrons. The minimum absolute atomic E-state index is 0.0115. The lowest BCUT2D eigenvalue weighted by Gasteiger charge is -2.18. The van der Waals surface area contributed by atoms with Crippen molar-refractivity contribution in [3.05, 3.63) is 51.8 Å². The number of aromatic amines is 1. The van der Waals surface area contributed by atoms with Crippen LogP contribution in [0.2, 0.25) is 0 Å². The number of nitrogens with zero attached hydrogens (tertiary/aromatic N) is 1. The molecule has 27 heavy (non-hydrogen) atoms. The predicted molar refractivity (Wildman–Crippen MR) is 103 cm³/mol. The van der Waals surface area contributed by atoms with Gasteiger partial charge in [0.25, 0.3) is 5.56 Å². The van der Waals surface area contributed by atoms with Gasteiger partial charge in [-0.25, -0.2) is 4.98 Å². The molecule has 0 bridgehead atoms. The Morgan fingerprint density at radius 3 is 2.67 bits per heavy atom. The highest BCUT2D eigenvalue weighted by Crippen LogP contribution is 2.19. The second-order valence-electron chi connectivity index (χ2n) is 5.80. The van der Waals surface area contributed by atoms with E-state index in [1.807, 2.05) is 31.2 Å². The SMILES string of the molecule is CCOC(=O)C[C@H](NC(=O)CSc1nc(N)cc(=O)[nH]1)c1ccc(C)cc1. The summed E-state index contributed by atoms with van der Waals surface area (Å²) in [5.74, 6) is -0.600. The Morgan fingerprint density at radius 1 is 1.33 bits per heavy atom. The molecular formula is C18H22N4O4S. The van der Waals surface area contributed by atoms with Crippen LogP contribution in [-0.2, 0) is 14.3 Å². The van der Waals surface area contributed by atoms with Gasteiger partial charge in [-0.1, -0.05) is 41.6 Å². The molecule has 8 nitrogen and oxygen atoms in total. The molecule has 0 fully saturated rings. The van der Waals surface area contributed by atoms with Crippen molar-refractivity contribution in [3.63, 3.8) is 0 Å². The molecule has 2 aromatic rings. The lowest BCUT2D eigenvalue weighted by molar-refractivity contribution is -0.143. The summed E-state index contributed by atoms with van der Waals surface area (Å²) in [6.45, 7) is 3.96. The Balaban J connectivity index is 2.04. The zero-order valence-corrected chi connectivity index (χ0v) is 16.0. The van der Waals surface area contributed by atoms with Gasteiger partial charge in [-0.05, 0) is 19.4 Å². The third kappa shape index (κ3) is 6.78. The third-order valence-electron chi connectivity index (χ3n) is 3.57. The number of ether oxygens (including phenoxy) is 1. The molecule has 0 aliphatic rings. The summed E-state index contributed by atoms with van der Waals surface area (Å²) in [6.07, 6.45) is 0.0284. The minimum Gasteiger partial charge on any atom is -0.466 e. The molecule has 4 N–H and O–H groups in total. The topological polar surface area (TPSA) is 127 Å². The second kappa shape index (κ2) is 9.77. The van der Waals surface area contributed by atoms with Crippen LogP contribution in [0.4, 0.5) is 5.82 Å². The number of anilines is 1. The first-order valence-electron chi connectivity index (χ1n) is 8.38. The molecular weight excluding hydrogens is 368 g/mol. The summed E-state index contributed by atoms with van der Waals surface area (Å²) in [5, 5.41) is 3.09. The molecule has 1 aromatic carbocycles. The number of aryl methyl sites for hydroxylation is 1. The van der Waals surface area contributed by atoms with Gasteiger partial charge in [-0.15, -0.1) is 0 Å². The van der Waals surface area contributed by atoms with E-state index in [1.54, 1.807) is 6.92 Å². The smallest absolute Gasteiger partial charge is 0.308 e. The van der Waals surface area contributed by atoms with E-state index in [4.69, 9.17) is 10.5 Å². The van der Waals surface area contributed by atoms with E-state index in [-0.39, 0.29) is 41.2 Å². The van der Waals surface area contributed by atoms with E-state index in [1.165, 1.54) is 0 Å². The Hall–Kier alpha value is -2.81. The summed E-state index contributed by atoms with van der Waals surface area (Å²) in [4.78, 5) is 42.1. The average Bonchev–Trinajstić information content (AvgIpc) is 2.59. The van der Waals surface area contributed by atoms with Gasteiger partial charge in [0.2, 0.25) is 5.91 Å². The minimum atomic E-state index is -0.509. The van der Waals surface area contributed by atoms with E-state index in [0.717, 1.165) is 29.0 Å². The fourth-order valence-corrected chi connectivity index (χ4v) is 3.02. The zero-order valence-electron chi connectivity index (χ0n) is 15.2. The van der Waals surface area contributed by atoms with Gasteiger partial charge < -0.3 is 20.8 Å². The predicted octanol–water partition coefficient (Wildman–Crippen LogP) is 1.56. The highest BCUT2D eigenvalue weighted by molar-refractivity contribution is 7.99. The molecule has 144 valence electrons. The van der Waals surface area contributed by atoms with Crippen molar-refractivity contribution in [2.75, 3.05) is 18.1 Å². The number of nitrogens with one attached hydrogen (secondary N) is 2. The number of benzene rings is 1. The number of nitrogen functional groups attached to an aromatic ring is 1. The Morgan fingerprint density at radius 2 is 2.04 bits per heavy atom. The Labute approximate surface area is 160 Å². The molecule has 0 unspecified atom stereocenters. The monoisotopic (exact) mass is 390 g/mol. The first kappa shape index (κ1) is 20.5. The van der Waals surface area contributed by atoms with Gasteiger partial charge >= 0.3 is 5.97 Å². The number of H-pyrrole nitrogens is 1. The molecule has 0 saturated carbocycles. The first-order valence-corrected chi connectivity index (χ1v) is 9.37. The summed E-state index contributed by atoms with van der Waals surface area (Å²) >= 11 is 1.05. The maximum Gasteiger partial charge on any atom is 0.308 e. The summed E-state index contributed by atoms with van der Waals surface area (Å²) in [7, 11) is 0. The third-order valence-corrected chi connectivity index (χ3v) is 4.44. The number of rotatable bonds is 8. The van der Waals surface area contributed by atoms with Gasteiger partial charge in [0.15, 0.2) is 5.16 Å². The standard InChI is InChI=1S/C18H22N4O4S/c1-3-26-17(25)8-13(12-6-4-11(2)5-7-12)20-16(24)10-27-18-21-14(19)9-15(23)22-18/h4-7,9,13H,3,8,10H2,1-2H3,(H,20,24)(H3,19,21,22,23)/t13-/m0/s1. The molecule has 1 atom stereocenters. The fourth-order valence-electron chi connectivity index (χ4n) is 2.33. The molecule has 0 spiro atoms. The Kier molecular flexibility index (Phi) is 7.42. The van der Waals surface area contributed by atoms with Crippen LogP contribution in [0.1, 0.15) is 30.5 Å². The van der Waals surface area contributed by atoms with Crippen LogP contribution in [0.15, 0.2) is 40.3 Å². The number of thioether (sulfide) groups is 1. The second-order valence-corrected chi connectivity index (χ2v) is 6.77. The number of aromatic nitrogens is 2. The van der Waals surface area contributed by atoms with E-state index in [9.17, 15) is 14.4 Å². The van der Waals surface area contributed by atoms with Gasteiger partial charge in [-0.3, -0.25) is 14.4 Å². The molecule has 0 aliphatic heterocycles. The van der Waals surface area contributed by atoms with Crippen LogP contribution in [0, 0.1) is 6.92 Å². The zero-order chi connectivity index (χ0) is 19.8.